The van der Waals surface area contributed by atoms with Gasteiger partial charge in [0.15, 0.2) is 0 Å². The molecule has 84 valence electrons. The van der Waals surface area contributed by atoms with Gasteiger partial charge in [-0.05, 0) is 50.2 Å². The molecule has 0 aromatic rings. The first-order chi connectivity index (χ1) is 7.91. The molecule has 0 fully saturated rings. The van der Waals surface area contributed by atoms with Crippen molar-refractivity contribution in [1.29, 1.82) is 0 Å². The van der Waals surface area contributed by atoms with Gasteiger partial charge in [-0.1, -0.05) is 36.1 Å². The van der Waals surface area contributed by atoms with Crippen LogP contribution in [-0.2, 0) is 0 Å². The normalized spacial score (nSPS) is 10.4. The molecular formula is C15H18O. The van der Waals surface area contributed by atoms with E-state index < -0.39 is 0 Å². The molecular weight excluding hydrogens is 196 g/mol. The molecule has 16 heavy (non-hydrogen) atoms. The van der Waals surface area contributed by atoms with Gasteiger partial charge < -0.3 is 5.11 Å². The van der Waals surface area contributed by atoms with Crippen molar-refractivity contribution < 1.29 is 5.11 Å². The molecule has 0 heterocycles. The average Bonchev–Trinajstić information content (AvgIpc) is 2.31. The minimum Gasteiger partial charge on any atom is -0.396 e. The second kappa shape index (κ2) is 13.3. The topological polar surface area (TPSA) is 20.2 Å². The first-order valence-electron chi connectivity index (χ1n) is 5.46. The standard InChI is InChI=1S/C15H18O/c1-2-3-4-5-6-7-8-9-10-11-12-13-14-15-16/h2-3,8-11,16H,12-15H2,1H3/b3-2+,9-8+,11-10+. The van der Waals surface area contributed by atoms with Gasteiger partial charge in [-0.15, -0.1) is 0 Å². The lowest BCUT2D eigenvalue weighted by molar-refractivity contribution is 0.285. The first-order valence-corrected chi connectivity index (χ1v) is 5.46. The van der Waals surface area contributed by atoms with E-state index in [2.05, 4.69) is 29.8 Å². The van der Waals surface area contributed by atoms with Crippen LogP contribution in [0.2, 0.25) is 0 Å². The van der Waals surface area contributed by atoms with Gasteiger partial charge in [-0.2, -0.15) is 0 Å². The number of rotatable bonds is 5. The maximum atomic E-state index is 8.55. The van der Waals surface area contributed by atoms with Crippen molar-refractivity contribution in [3.63, 3.8) is 0 Å². The number of allylic oxidation sites excluding steroid dienone is 6. The summed E-state index contributed by atoms with van der Waals surface area (Å²) in [7, 11) is 0. The van der Waals surface area contributed by atoms with Crippen molar-refractivity contribution in [3.8, 4) is 23.7 Å². The summed E-state index contributed by atoms with van der Waals surface area (Å²) >= 11 is 0. The van der Waals surface area contributed by atoms with Gasteiger partial charge >= 0.3 is 0 Å². The molecule has 0 rings (SSSR count). The fraction of sp³-hybridized carbons (Fsp3) is 0.333. The summed E-state index contributed by atoms with van der Waals surface area (Å²) in [6, 6.07) is 0. The third-order valence-electron chi connectivity index (χ3n) is 1.66. The molecule has 1 nitrogen and oxygen atoms in total. The Kier molecular flexibility index (Phi) is 11.9. The van der Waals surface area contributed by atoms with E-state index in [4.69, 9.17) is 5.11 Å². The van der Waals surface area contributed by atoms with Gasteiger partial charge in [0.1, 0.15) is 0 Å². The zero-order chi connectivity index (χ0) is 11.9. The quantitative estimate of drug-likeness (QED) is 0.424. The van der Waals surface area contributed by atoms with Crippen LogP contribution in [0.1, 0.15) is 26.2 Å². The van der Waals surface area contributed by atoms with E-state index in [0.717, 1.165) is 19.3 Å². The Balaban J connectivity index is 3.65. The summed E-state index contributed by atoms with van der Waals surface area (Å²) < 4.78 is 0. The summed E-state index contributed by atoms with van der Waals surface area (Å²) in [5.41, 5.74) is 0. The monoisotopic (exact) mass is 214 g/mol. The fourth-order valence-electron chi connectivity index (χ4n) is 0.891. The van der Waals surface area contributed by atoms with Crippen molar-refractivity contribution in [2.45, 2.75) is 26.2 Å². The molecule has 0 saturated carbocycles. The van der Waals surface area contributed by atoms with Crippen LogP contribution in [0.3, 0.4) is 0 Å². The molecule has 0 atom stereocenters. The van der Waals surface area contributed by atoms with Crippen molar-refractivity contribution in [1.82, 2.24) is 0 Å². The number of hydrogen-bond acceptors (Lipinski definition) is 1. The third kappa shape index (κ3) is 12.3. The highest BCUT2D eigenvalue weighted by Gasteiger charge is 1.80. The van der Waals surface area contributed by atoms with Crippen LogP contribution in [0, 0.1) is 23.7 Å². The lowest BCUT2D eigenvalue weighted by Gasteiger charge is -1.89. The lowest BCUT2D eigenvalue weighted by atomic mass is 10.2. The molecule has 0 amide bonds. The molecule has 0 unspecified atom stereocenters. The lowest BCUT2D eigenvalue weighted by Crippen LogP contribution is -1.79. The highest BCUT2D eigenvalue weighted by atomic mass is 16.2. The van der Waals surface area contributed by atoms with Gasteiger partial charge in [0.05, 0.1) is 0 Å². The van der Waals surface area contributed by atoms with E-state index in [9.17, 15) is 0 Å². The molecule has 0 saturated heterocycles. The molecule has 0 spiro atoms. The molecule has 0 aliphatic carbocycles. The van der Waals surface area contributed by atoms with E-state index in [1.165, 1.54) is 0 Å². The largest absolute Gasteiger partial charge is 0.396 e. The van der Waals surface area contributed by atoms with Gasteiger partial charge in [-0.25, -0.2) is 0 Å². The highest BCUT2D eigenvalue weighted by Crippen LogP contribution is 1.95. The smallest absolute Gasteiger partial charge is 0.0431 e. The van der Waals surface area contributed by atoms with E-state index in [1.807, 2.05) is 25.2 Å². The van der Waals surface area contributed by atoms with E-state index in [-0.39, 0.29) is 6.61 Å². The van der Waals surface area contributed by atoms with Crippen LogP contribution >= 0.6 is 0 Å². The average molecular weight is 214 g/mol. The molecule has 0 radical (unpaired) electrons. The van der Waals surface area contributed by atoms with E-state index in [0.29, 0.717) is 0 Å². The van der Waals surface area contributed by atoms with Gasteiger partial charge in [0.25, 0.3) is 0 Å². The Bertz CT molecular complexity index is 350. The molecule has 1 N–H and O–H groups in total. The van der Waals surface area contributed by atoms with E-state index >= 15 is 0 Å². The SMILES string of the molecule is C/C=C/C#CC#C/C=C/C=C/CCCCO. The summed E-state index contributed by atoms with van der Waals surface area (Å²) in [5, 5.41) is 8.55. The fourth-order valence-corrected chi connectivity index (χ4v) is 0.891. The summed E-state index contributed by atoms with van der Waals surface area (Å²) in [4.78, 5) is 0. The predicted octanol–water partition coefficient (Wildman–Crippen LogP) is 2.84. The zero-order valence-corrected chi connectivity index (χ0v) is 9.74. The Morgan fingerprint density at radius 2 is 1.75 bits per heavy atom. The molecule has 0 aromatic carbocycles. The van der Waals surface area contributed by atoms with Crippen molar-refractivity contribution in [2.24, 2.45) is 0 Å². The minimum atomic E-state index is 0.278. The number of aliphatic hydroxyl groups is 1. The molecule has 0 aliphatic rings. The minimum absolute atomic E-state index is 0.278. The summed E-state index contributed by atoms with van der Waals surface area (Å²) in [5.74, 6) is 11.0. The van der Waals surface area contributed by atoms with Gasteiger partial charge in [0, 0.05) is 6.61 Å². The number of hydrogen-bond donors (Lipinski definition) is 1. The zero-order valence-electron chi connectivity index (χ0n) is 9.74. The van der Waals surface area contributed by atoms with Crippen molar-refractivity contribution in [3.05, 3.63) is 36.5 Å². The second-order valence-electron chi connectivity index (χ2n) is 3.05. The Morgan fingerprint density at radius 1 is 1.00 bits per heavy atom. The third-order valence-corrected chi connectivity index (χ3v) is 1.66. The molecule has 0 bridgehead atoms. The van der Waals surface area contributed by atoms with E-state index in [1.54, 1.807) is 12.2 Å². The first kappa shape index (κ1) is 14.3. The highest BCUT2D eigenvalue weighted by molar-refractivity contribution is 5.34. The van der Waals surface area contributed by atoms with Crippen LogP contribution < -0.4 is 0 Å². The summed E-state index contributed by atoms with van der Waals surface area (Å²) in [6.45, 7) is 2.20. The number of unbranched alkanes of at least 4 members (excludes halogenated alkanes) is 2. The van der Waals surface area contributed by atoms with Crippen LogP contribution in [0.4, 0.5) is 0 Å². The Morgan fingerprint density at radius 3 is 2.44 bits per heavy atom. The van der Waals surface area contributed by atoms with Gasteiger partial charge in [0.2, 0.25) is 0 Å². The molecule has 0 aliphatic heterocycles. The molecule has 0 aromatic heterocycles. The maximum Gasteiger partial charge on any atom is 0.0431 e. The summed E-state index contributed by atoms with van der Waals surface area (Å²) in [6.07, 6.45) is 14.2. The Hall–Kier alpha value is -1.70. The maximum absolute atomic E-state index is 8.55. The van der Waals surface area contributed by atoms with Gasteiger partial charge in [-0.3, -0.25) is 0 Å². The molecule has 1 heteroatoms. The van der Waals surface area contributed by atoms with Crippen LogP contribution in [0.25, 0.3) is 0 Å². The van der Waals surface area contributed by atoms with Crippen LogP contribution in [0.5, 0.6) is 0 Å². The van der Waals surface area contributed by atoms with Crippen LogP contribution in [-0.4, -0.2) is 11.7 Å². The van der Waals surface area contributed by atoms with Crippen molar-refractivity contribution in [2.75, 3.05) is 6.61 Å². The predicted molar refractivity (Wildman–Crippen MR) is 69.6 cm³/mol. The second-order valence-corrected chi connectivity index (χ2v) is 3.05. The number of aliphatic hydroxyl groups excluding tert-OH is 1. The Labute approximate surface area is 98.6 Å². The van der Waals surface area contributed by atoms with Crippen LogP contribution in [0.15, 0.2) is 36.5 Å². The van der Waals surface area contributed by atoms with Crippen molar-refractivity contribution >= 4 is 0 Å².